The standard InChI is InChI=1S/C15H24N2O/c1-12(2)14-4-3-8-17(9-7-14)15-6-5-13(11-18)10-16-15/h5-6,10,12,14,18H,3-4,7-9,11H2,1-2H3. The maximum atomic E-state index is 9.03. The first-order valence-electron chi connectivity index (χ1n) is 7.01. The van der Waals surface area contributed by atoms with Crippen molar-refractivity contribution < 1.29 is 5.11 Å². The van der Waals surface area contributed by atoms with E-state index in [1.54, 1.807) is 6.20 Å². The van der Waals surface area contributed by atoms with E-state index in [9.17, 15) is 0 Å². The van der Waals surface area contributed by atoms with Crippen molar-refractivity contribution >= 4 is 5.82 Å². The summed E-state index contributed by atoms with van der Waals surface area (Å²) in [5.74, 6) is 2.69. The van der Waals surface area contributed by atoms with E-state index in [-0.39, 0.29) is 6.61 Å². The van der Waals surface area contributed by atoms with Gasteiger partial charge in [0.1, 0.15) is 5.82 Å². The molecule has 18 heavy (non-hydrogen) atoms. The number of hydrogen-bond donors (Lipinski definition) is 1. The smallest absolute Gasteiger partial charge is 0.128 e. The fourth-order valence-electron chi connectivity index (χ4n) is 2.72. The zero-order chi connectivity index (χ0) is 13.0. The van der Waals surface area contributed by atoms with Gasteiger partial charge in [-0.05, 0) is 42.7 Å². The first-order valence-corrected chi connectivity index (χ1v) is 7.01. The van der Waals surface area contributed by atoms with Crippen LogP contribution < -0.4 is 4.90 Å². The molecule has 0 aliphatic carbocycles. The Labute approximate surface area is 110 Å². The highest BCUT2D eigenvalue weighted by Crippen LogP contribution is 2.26. The maximum Gasteiger partial charge on any atom is 0.128 e. The fraction of sp³-hybridized carbons (Fsp3) is 0.667. The van der Waals surface area contributed by atoms with Crippen LogP contribution in [0.4, 0.5) is 5.82 Å². The van der Waals surface area contributed by atoms with E-state index in [1.807, 2.05) is 12.1 Å². The summed E-state index contributed by atoms with van der Waals surface area (Å²) in [6.45, 7) is 6.94. The Hall–Kier alpha value is -1.09. The van der Waals surface area contributed by atoms with Gasteiger partial charge in [-0.1, -0.05) is 19.9 Å². The Morgan fingerprint density at radius 3 is 2.78 bits per heavy atom. The Kier molecular flexibility index (Phi) is 4.59. The average molecular weight is 248 g/mol. The summed E-state index contributed by atoms with van der Waals surface area (Å²) in [4.78, 5) is 6.83. The average Bonchev–Trinajstić information content (AvgIpc) is 2.64. The monoisotopic (exact) mass is 248 g/mol. The third-order valence-electron chi connectivity index (χ3n) is 4.03. The molecule has 0 amide bonds. The van der Waals surface area contributed by atoms with Gasteiger partial charge in [0.05, 0.1) is 6.61 Å². The molecule has 2 rings (SSSR count). The van der Waals surface area contributed by atoms with Gasteiger partial charge in [-0.2, -0.15) is 0 Å². The molecule has 1 atom stereocenters. The lowest BCUT2D eigenvalue weighted by atomic mass is 9.89. The van der Waals surface area contributed by atoms with E-state index >= 15 is 0 Å². The van der Waals surface area contributed by atoms with Crippen molar-refractivity contribution in [1.82, 2.24) is 4.98 Å². The molecule has 1 saturated heterocycles. The number of aliphatic hydroxyl groups excluding tert-OH is 1. The van der Waals surface area contributed by atoms with Gasteiger partial charge in [0.15, 0.2) is 0 Å². The maximum absolute atomic E-state index is 9.03. The lowest BCUT2D eigenvalue weighted by Crippen LogP contribution is -2.25. The number of pyridine rings is 1. The minimum absolute atomic E-state index is 0.0721. The van der Waals surface area contributed by atoms with E-state index in [4.69, 9.17) is 5.11 Å². The van der Waals surface area contributed by atoms with Crippen LogP contribution in [0.5, 0.6) is 0 Å². The Morgan fingerprint density at radius 1 is 1.33 bits per heavy atom. The second kappa shape index (κ2) is 6.19. The van der Waals surface area contributed by atoms with Gasteiger partial charge in [0, 0.05) is 19.3 Å². The first-order chi connectivity index (χ1) is 8.70. The molecule has 100 valence electrons. The molecule has 0 bridgehead atoms. The topological polar surface area (TPSA) is 36.4 Å². The summed E-state index contributed by atoms with van der Waals surface area (Å²) >= 11 is 0. The van der Waals surface area contributed by atoms with Gasteiger partial charge in [-0.25, -0.2) is 4.98 Å². The summed E-state index contributed by atoms with van der Waals surface area (Å²) in [5, 5.41) is 9.03. The van der Waals surface area contributed by atoms with Gasteiger partial charge >= 0.3 is 0 Å². The van der Waals surface area contributed by atoms with Crippen LogP contribution in [0.15, 0.2) is 18.3 Å². The number of nitrogens with zero attached hydrogens (tertiary/aromatic N) is 2. The number of hydrogen-bond acceptors (Lipinski definition) is 3. The van der Waals surface area contributed by atoms with Gasteiger partial charge in [-0.15, -0.1) is 0 Å². The van der Waals surface area contributed by atoms with Crippen LogP contribution in [0.3, 0.4) is 0 Å². The van der Waals surface area contributed by atoms with E-state index in [1.165, 1.54) is 19.3 Å². The second-order valence-corrected chi connectivity index (χ2v) is 5.60. The quantitative estimate of drug-likeness (QED) is 0.893. The molecule has 0 saturated carbocycles. The van der Waals surface area contributed by atoms with Crippen LogP contribution >= 0.6 is 0 Å². The molecule has 3 heteroatoms. The molecule has 1 aromatic heterocycles. The predicted octanol–water partition coefficient (Wildman–Crippen LogP) is 2.84. The molecule has 1 unspecified atom stereocenters. The lowest BCUT2D eigenvalue weighted by Gasteiger charge is -2.22. The van der Waals surface area contributed by atoms with Crippen molar-refractivity contribution in [2.24, 2.45) is 11.8 Å². The molecule has 1 aliphatic rings. The zero-order valence-electron chi connectivity index (χ0n) is 11.5. The van der Waals surface area contributed by atoms with Crippen molar-refractivity contribution in [3.8, 4) is 0 Å². The zero-order valence-corrected chi connectivity index (χ0v) is 11.5. The van der Waals surface area contributed by atoms with Crippen LogP contribution in [0, 0.1) is 11.8 Å². The Balaban J connectivity index is 2.00. The minimum Gasteiger partial charge on any atom is -0.392 e. The third-order valence-corrected chi connectivity index (χ3v) is 4.03. The molecular formula is C15H24N2O. The molecule has 1 N–H and O–H groups in total. The highest BCUT2D eigenvalue weighted by atomic mass is 16.3. The van der Waals surface area contributed by atoms with Crippen molar-refractivity contribution in [2.45, 2.75) is 39.7 Å². The first kappa shape index (κ1) is 13.3. The molecular weight excluding hydrogens is 224 g/mol. The van der Waals surface area contributed by atoms with Crippen molar-refractivity contribution in [3.05, 3.63) is 23.9 Å². The SMILES string of the molecule is CC(C)C1CCCN(c2ccc(CO)cn2)CC1. The lowest BCUT2D eigenvalue weighted by molar-refractivity contribution is 0.281. The molecule has 0 spiro atoms. The van der Waals surface area contributed by atoms with E-state index < -0.39 is 0 Å². The molecule has 2 heterocycles. The molecule has 1 aromatic rings. The summed E-state index contributed by atoms with van der Waals surface area (Å²) in [7, 11) is 0. The van der Waals surface area contributed by atoms with Crippen LogP contribution in [0.2, 0.25) is 0 Å². The predicted molar refractivity (Wildman–Crippen MR) is 74.6 cm³/mol. The van der Waals surface area contributed by atoms with E-state index in [0.29, 0.717) is 0 Å². The molecule has 0 radical (unpaired) electrons. The van der Waals surface area contributed by atoms with Gasteiger partial charge < -0.3 is 10.0 Å². The molecule has 1 aliphatic heterocycles. The van der Waals surface area contributed by atoms with Crippen molar-refractivity contribution in [2.75, 3.05) is 18.0 Å². The van der Waals surface area contributed by atoms with E-state index in [0.717, 1.165) is 36.3 Å². The molecule has 3 nitrogen and oxygen atoms in total. The van der Waals surface area contributed by atoms with Crippen LogP contribution in [-0.4, -0.2) is 23.2 Å². The molecule has 0 aromatic carbocycles. The summed E-state index contributed by atoms with van der Waals surface area (Å²) in [6.07, 6.45) is 5.64. The second-order valence-electron chi connectivity index (χ2n) is 5.60. The summed E-state index contributed by atoms with van der Waals surface area (Å²) in [5.41, 5.74) is 0.883. The molecule has 1 fully saturated rings. The minimum atomic E-state index is 0.0721. The Morgan fingerprint density at radius 2 is 2.17 bits per heavy atom. The highest BCUT2D eigenvalue weighted by molar-refractivity contribution is 5.39. The number of anilines is 1. The number of aromatic nitrogens is 1. The van der Waals surface area contributed by atoms with Crippen molar-refractivity contribution in [1.29, 1.82) is 0 Å². The van der Waals surface area contributed by atoms with Crippen LogP contribution in [-0.2, 0) is 6.61 Å². The number of rotatable bonds is 3. The van der Waals surface area contributed by atoms with Crippen LogP contribution in [0.25, 0.3) is 0 Å². The summed E-state index contributed by atoms with van der Waals surface area (Å²) in [6, 6.07) is 3.99. The summed E-state index contributed by atoms with van der Waals surface area (Å²) < 4.78 is 0. The largest absolute Gasteiger partial charge is 0.392 e. The number of aliphatic hydroxyl groups is 1. The van der Waals surface area contributed by atoms with E-state index in [2.05, 4.69) is 23.7 Å². The third kappa shape index (κ3) is 3.22. The van der Waals surface area contributed by atoms with Crippen molar-refractivity contribution in [3.63, 3.8) is 0 Å². The van der Waals surface area contributed by atoms with Gasteiger partial charge in [0.2, 0.25) is 0 Å². The van der Waals surface area contributed by atoms with Gasteiger partial charge in [-0.3, -0.25) is 0 Å². The fourth-order valence-corrected chi connectivity index (χ4v) is 2.72. The highest BCUT2D eigenvalue weighted by Gasteiger charge is 2.19. The Bertz CT molecular complexity index is 361. The van der Waals surface area contributed by atoms with Gasteiger partial charge in [0.25, 0.3) is 0 Å². The van der Waals surface area contributed by atoms with Crippen LogP contribution in [0.1, 0.15) is 38.7 Å². The normalized spacial score (nSPS) is 21.1.